The summed E-state index contributed by atoms with van der Waals surface area (Å²) in [6.45, 7) is 0.606. The first-order valence-corrected chi connectivity index (χ1v) is 7.76. The van der Waals surface area contributed by atoms with E-state index in [-0.39, 0.29) is 0 Å². The van der Waals surface area contributed by atoms with Crippen molar-refractivity contribution in [2.24, 2.45) is 0 Å². The lowest BCUT2D eigenvalue weighted by atomic mass is 10.2. The molecule has 1 aromatic carbocycles. The molecule has 0 spiro atoms. The van der Waals surface area contributed by atoms with Gasteiger partial charge in [-0.3, -0.25) is 4.98 Å². The first kappa shape index (κ1) is 15.5. The number of H-pyrrole nitrogens is 1. The summed E-state index contributed by atoms with van der Waals surface area (Å²) in [7, 11) is 0. The standard InChI is InChI=1S/C16H14ClN5S/c17-14-5-3-12(4-6-14)2-1-9-19-22-15(20-21-16(22)23)13-7-10-18-11-8-13/h1-8,10-11,19H,9H2,(H,21,23)/b2-1+. The third-order valence-corrected chi connectivity index (χ3v) is 3.68. The highest BCUT2D eigenvalue weighted by molar-refractivity contribution is 7.71. The molecule has 0 aliphatic heterocycles. The molecule has 116 valence electrons. The average molecular weight is 344 g/mol. The van der Waals surface area contributed by atoms with Crippen LogP contribution in [0, 0.1) is 4.77 Å². The molecule has 23 heavy (non-hydrogen) atoms. The Morgan fingerprint density at radius 2 is 1.91 bits per heavy atom. The first-order valence-electron chi connectivity index (χ1n) is 6.98. The molecule has 0 amide bonds. The fourth-order valence-electron chi connectivity index (χ4n) is 2.05. The minimum Gasteiger partial charge on any atom is -0.318 e. The number of pyridine rings is 1. The van der Waals surface area contributed by atoms with E-state index in [1.165, 1.54) is 0 Å². The van der Waals surface area contributed by atoms with Crippen LogP contribution in [0.5, 0.6) is 0 Å². The lowest BCUT2D eigenvalue weighted by Gasteiger charge is -2.07. The Bertz CT molecular complexity index is 852. The van der Waals surface area contributed by atoms with Gasteiger partial charge in [-0.25, -0.2) is 9.77 Å². The number of aromatic amines is 1. The average Bonchev–Trinajstić information content (AvgIpc) is 2.95. The number of benzene rings is 1. The van der Waals surface area contributed by atoms with Crippen molar-refractivity contribution in [3.05, 3.63) is 70.2 Å². The fraction of sp³-hybridized carbons (Fsp3) is 0.0625. The summed E-state index contributed by atoms with van der Waals surface area (Å²) in [6, 6.07) is 11.4. The molecule has 2 aromatic heterocycles. The molecule has 2 heterocycles. The smallest absolute Gasteiger partial charge is 0.214 e. The van der Waals surface area contributed by atoms with Gasteiger partial charge in [0.25, 0.3) is 0 Å². The highest BCUT2D eigenvalue weighted by Gasteiger charge is 2.07. The molecule has 7 heteroatoms. The third-order valence-electron chi connectivity index (χ3n) is 3.16. The van der Waals surface area contributed by atoms with Crippen LogP contribution in [-0.4, -0.2) is 26.4 Å². The molecule has 0 aliphatic carbocycles. The Kier molecular flexibility index (Phi) is 4.85. The van der Waals surface area contributed by atoms with Gasteiger partial charge in [-0.15, -0.1) is 0 Å². The van der Waals surface area contributed by atoms with Crippen molar-refractivity contribution in [2.75, 3.05) is 12.0 Å². The van der Waals surface area contributed by atoms with E-state index in [2.05, 4.69) is 20.6 Å². The van der Waals surface area contributed by atoms with Gasteiger partial charge in [-0.05, 0) is 42.0 Å². The summed E-state index contributed by atoms with van der Waals surface area (Å²) in [5, 5.41) is 7.77. The van der Waals surface area contributed by atoms with Gasteiger partial charge in [-0.2, -0.15) is 5.10 Å². The Labute approximate surface area is 143 Å². The number of halogens is 1. The molecule has 5 nitrogen and oxygen atoms in total. The van der Waals surface area contributed by atoms with Gasteiger partial charge in [0.1, 0.15) is 0 Å². The van der Waals surface area contributed by atoms with Crippen molar-refractivity contribution < 1.29 is 0 Å². The van der Waals surface area contributed by atoms with E-state index >= 15 is 0 Å². The molecule has 0 fully saturated rings. The quantitative estimate of drug-likeness (QED) is 0.689. The van der Waals surface area contributed by atoms with E-state index < -0.39 is 0 Å². The Morgan fingerprint density at radius 3 is 2.65 bits per heavy atom. The highest BCUT2D eigenvalue weighted by Crippen LogP contribution is 2.14. The maximum atomic E-state index is 5.87. The van der Waals surface area contributed by atoms with E-state index in [1.54, 1.807) is 17.1 Å². The lowest BCUT2D eigenvalue weighted by molar-refractivity contribution is 0.879. The molecular weight excluding hydrogens is 330 g/mol. The van der Waals surface area contributed by atoms with Crippen LogP contribution in [0.3, 0.4) is 0 Å². The third kappa shape index (κ3) is 3.85. The van der Waals surface area contributed by atoms with Crippen molar-refractivity contribution in [2.45, 2.75) is 0 Å². The summed E-state index contributed by atoms with van der Waals surface area (Å²) in [4.78, 5) is 4.01. The van der Waals surface area contributed by atoms with E-state index in [1.807, 2.05) is 48.6 Å². The first-order chi connectivity index (χ1) is 11.2. The number of hydrogen-bond acceptors (Lipinski definition) is 4. The molecule has 0 unspecified atom stereocenters. The molecule has 0 saturated carbocycles. The van der Waals surface area contributed by atoms with Gasteiger partial charge < -0.3 is 5.43 Å². The van der Waals surface area contributed by atoms with Gasteiger partial charge in [0.05, 0.1) is 0 Å². The van der Waals surface area contributed by atoms with Crippen LogP contribution >= 0.6 is 23.8 Å². The minimum absolute atomic E-state index is 0.511. The number of nitrogens with one attached hydrogen (secondary N) is 2. The van der Waals surface area contributed by atoms with Crippen molar-refractivity contribution in [1.29, 1.82) is 0 Å². The molecule has 3 aromatic rings. The molecule has 2 N–H and O–H groups in total. The Morgan fingerprint density at radius 1 is 1.17 bits per heavy atom. The maximum Gasteiger partial charge on any atom is 0.214 e. The summed E-state index contributed by atoms with van der Waals surface area (Å²) in [5.74, 6) is 0.720. The zero-order valence-electron chi connectivity index (χ0n) is 12.1. The van der Waals surface area contributed by atoms with Crippen molar-refractivity contribution >= 4 is 29.9 Å². The summed E-state index contributed by atoms with van der Waals surface area (Å²) < 4.78 is 2.26. The van der Waals surface area contributed by atoms with Crippen LogP contribution in [0.15, 0.2) is 54.9 Å². The van der Waals surface area contributed by atoms with Gasteiger partial charge >= 0.3 is 0 Å². The van der Waals surface area contributed by atoms with Crippen LogP contribution in [-0.2, 0) is 0 Å². The monoisotopic (exact) mass is 343 g/mol. The molecular formula is C16H14ClN5S. The second-order valence-corrected chi connectivity index (χ2v) is 5.56. The number of rotatable bonds is 5. The van der Waals surface area contributed by atoms with Gasteiger partial charge in [0.15, 0.2) is 5.82 Å². The molecule has 0 bridgehead atoms. The number of aromatic nitrogens is 4. The van der Waals surface area contributed by atoms with Gasteiger partial charge in [0, 0.05) is 29.5 Å². The zero-order valence-corrected chi connectivity index (χ0v) is 13.7. The largest absolute Gasteiger partial charge is 0.318 e. The SMILES string of the molecule is S=c1[nH]nc(-c2ccncc2)n1NC/C=C/c1ccc(Cl)cc1. The zero-order chi connectivity index (χ0) is 16.1. The van der Waals surface area contributed by atoms with E-state index in [4.69, 9.17) is 23.8 Å². The fourth-order valence-corrected chi connectivity index (χ4v) is 2.37. The second-order valence-electron chi connectivity index (χ2n) is 4.74. The molecule has 3 rings (SSSR count). The van der Waals surface area contributed by atoms with E-state index in [0.717, 1.165) is 22.0 Å². The second kappa shape index (κ2) is 7.21. The van der Waals surface area contributed by atoms with Crippen LogP contribution in [0.1, 0.15) is 5.56 Å². The molecule has 0 aliphatic rings. The Hall–Kier alpha value is -2.44. The van der Waals surface area contributed by atoms with Crippen molar-refractivity contribution in [3.63, 3.8) is 0 Å². The maximum absolute atomic E-state index is 5.87. The van der Waals surface area contributed by atoms with Crippen LogP contribution in [0.4, 0.5) is 0 Å². The van der Waals surface area contributed by atoms with Crippen LogP contribution in [0.25, 0.3) is 17.5 Å². The predicted octanol–water partition coefficient (Wildman–Crippen LogP) is 3.91. The summed E-state index contributed by atoms with van der Waals surface area (Å²) >= 11 is 11.1. The summed E-state index contributed by atoms with van der Waals surface area (Å²) in [5.41, 5.74) is 5.24. The van der Waals surface area contributed by atoms with Crippen molar-refractivity contribution in [3.8, 4) is 11.4 Å². The predicted molar refractivity (Wildman–Crippen MR) is 95.4 cm³/mol. The van der Waals surface area contributed by atoms with E-state index in [9.17, 15) is 0 Å². The minimum atomic E-state index is 0.511. The topological polar surface area (TPSA) is 58.5 Å². The normalized spacial score (nSPS) is 11.0. The molecule has 0 atom stereocenters. The number of nitrogens with zero attached hydrogens (tertiary/aromatic N) is 3. The van der Waals surface area contributed by atoms with Crippen LogP contribution in [0.2, 0.25) is 5.02 Å². The Balaban J connectivity index is 1.70. The van der Waals surface area contributed by atoms with Crippen LogP contribution < -0.4 is 5.43 Å². The molecule has 0 saturated heterocycles. The lowest BCUT2D eigenvalue weighted by Crippen LogP contribution is -2.16. The van der Waals surface area contributed by atoms with E-state index in [0.29, 0.717) is 11.3 Å². The van der Waals surface area contributed by atoms with Gasteiger partial charge in [0.2, 0.25) is 4.77 Å². The highest BCUT2D eigenvalue weighted by atomic mass is 35.5. The number of hydrogen-bond donors (Lipinski definition) is 2. The summed E-state index contributed by atoms with van der Waals surface area (Å²) in [6.07, 6.45) is 7.46. The van der Waals surface area contributed by atoms with Gasteiger partial charge in [-0.1, -0.05) is 35.9 Å². The van der Waals surface area contributed by atoms with Crippen molar-refractivity contribution in [1.82, 2.24) is 19.9 Å². The molecule has 0 radical (unpaired) electrons.